The number of amides is 1. The molecule has 0 atom stereocenters. The van der Waals surface area contributed by atoms with E-state index in [0.717, 1.165) is 11.4 Å². The maximum atomic E-state index is 12.0. The molecule has 0 bridgehead atoms. The van der Waals surface area contributed by atoms with Crippen LogP contribution in [0.5, 0.6) is 0 Å². The maximum Gasteiger partial charge on any atom is 0.339 e. The number of carbonyl (C=O) groups is 2. The fourth-order valence-electron chi connectivity index (χ4n) is 2.07. The van der Waals surface area contributed by atoms with E-state index in [0.29, 0.717) is 13.1 Å². The molecule has 0 aromatic carbocycles. The second-order valence-corrected chi connectivity index (χ2v) is 4.78. The van der Waals surface area contributed by atoms with Crippen LogP contribution >= 0.6 is 0 Å². The molecular weight excluding hydrogens is 274 g/mol. The molecule has 0 saturated heterocycles. The summed E-state index contributed by atoms with van der Waals surface area (Å²) in [5.74, 6) is -1.68. The number of carbonyl (C=O) groups excluding carboxylic acids is 1. The van der Waals surface area contributed by atoms with Crippen LogP contribution in [0.2, 0.25) is 0 Å². The third kappa shape index (κ3) is 3.28. The summed E-state index contributed by atoms with van der Waals surface area (Å²) in [6.07, 6.45) is 1.30. The average molecular weight is 291 g/mol. The fourth-order valence-corrected chi connectivity index (χ4v) is 2.07. The second kappa shape index (κ2) is 5.78. The number of aromatic carboxylic acids is 1. The minimum atomic E-state index is -1.17. The number of nitrogens with one attached hydrogen (secondary N) is 1. The van der Waals surface area contributed by atoms with E-state index < -0.39 is 11.9 Å². The molecule has 0 radical (unpaired) electrons. The van der Waals surface area contributed by atoms with Crippen LogP contribution in [-0.2, 0) is 13.6 Å². The van der Waals surface area contributed by atoms with Crippen LogP contribution in [0.4, 0.5) is 0 Å². The third-order valence-electron chi connectivity index (χ3n) is 2.99. The summed E-state index contributed by atoms with van der Waals surface area (Å²) < 4.78 is 3.09. The highest BCUT2D eigenvalue weighted by molar-refractivity contribution is 6.03. The van der Waals surface area contributed by atoms with Gasteiger partial charge in [0.1, 0.15) is 5.56 Å². The number of carboxylic acid groups (broad SMARTS) is 1. The van der Waals surface area contributed by atoms with E-state index >= 15 is 0 Å². The summed E-state index contributed by atoms with van der Waals surface area (Å²) in [5.41, 5.74) is 1.72. The first kappa shape index (κ1) is 14.8. The standard InChI is InChI=1S/C13H17N5O3/c1-8-6-9(2)18(15-8)5-4-14-12(19)11-10(13(20)21)7-17(3)16-11/h6-7H,4-5H2,1-3H3,(H,14,19)(H,20,21). The van der Waals surface area contributed by atoms with E-state index in [1.807, 2.05) is 19.9 Å². The van der Waals surface area contributed by atoms with Gasteiger partial charge in [-0.25, -0.2) is 4.79 Å². The molecule has 21 heavy (non-hydrogen) atoms. The number of hydrogen-bond donors (Lipinski definition) is 2. The Morgan fingerprint density at radius 2 is 2.05 bits per heavy atom. The normalized spacial score (nSPS) is 10.6. The van der Waals surface area contributed by atoms with Gasteiger partial charge in [0.15, 0.2) is 5.69 Å². The Kier molecular flexibility index (Phi) is 4.06. The van der Waals surface area contributed by atoms with E-state index in [2.05, 4.69) is 15.5 Å². The summed E-state index contributed by atoms with van der Waals surface area (Å²) in [5, 5.41) is 19.8. The molecular formula is C13H17N5O3. The topological polar surface area (TPSA) is 102 Å². The van der Waals surface area contributed by atoms with Crippen molar-refractivity contribution in [2.75, 3.05) is 6.54 Å². The van der Waals surface area contributed by atoms with Gasteiger partial charge in [-0.2, -0.15) is 10.2 Å². The van der Waals surface area contributed by atoms with E-state index in [1.165, 1.54) is 10.9 Å². The van der Waals surface area contributed by atoms with E-state index in [1.54, 1.807) is 11.7 Å². The number of nitrogens with zero attached hydrogens (tertiary/aromatic N) is 4. The van der Waals surface area contributed by atoms with Crippen LogP contribution < -0.4 is 5.32 Å². The molecule has 0 fully saturated rings. The highest BCUT2D eigenvalue weighted by Crippen LogP contribution is 2.06. The molecule has 8 nitrogen and oxygen atoms in total. The number of aryl methyl sites for hydroxylation is 3. The Balaban J connectivity index is 1.99. The van der Waals surface area contributed by atoms with Crippen LogP contribution in [0, 0.1) is 13.8 Å². The molecule has 1 amide bonds. The molecule has 0 spiro atoms. The van der Waals surface area contributed by atoms with E-state index in [9.17, 15) is 9.59 Å². The molecule has 0 unspecified atom stereocenters. The summed E-state index contributed by atoms with van der Waals surface area (Å²) in [6.45, 7) is 4.69. The largest absolute Gasteiger partial charge is 0.478 e. The molecule has 2 aromatic heterocycles. The maximum absolute atomic E-state index is 12.0. The van der Waals surface area contributed by atoms with E-state index in [4.69, 9.17) is 5.11 Å². The van der Waals surface area contributed by atoms with Gasteiger partial charge in [-0.1, -0.05) is 0 Å². The molecule has 2 rings (SSSR count). The minimum Gasteiger partial charge on any atom is -0.478 e. The van der Waals surface area contributed by atoms with Crippen LogP contribution in [-0.4, -0.2) is 43.1 Å². The minimum absolute atomic E-state index is 0.0848. The fraction of sp³-hybridized carbons (Fsp3) is 0.385. The van der Waals surface area contributed by atoms with Crippen LogP contribution in [0.3, 0.4) is 0 Å². The second-order valence-electron chi connectivity index (χ2n) is 4.78. The first-order chi connectivity index (χ1) is 9.88. The Morgan fingerprint density at radius 3 is 2.62 bits per heavy atom. The zero-order chi connectivity index (χ0) is 15.6. The zero-order valence-corrected chi connectivity index (χ0v) is 12.1. The predicted molar refractivity (Wildman–Crippen MR) is 74.2 cm³/mol. The van der Waals surface area contributed by atoms with Crippen molar-refractivity contribution >= 4 is 11.9 Å². The third-order valence-corrected chi connectivity index (χ3v) is 2.99. The number of aromatic nitrogens is 4. The molecule has 0 saturated carbocycles. The van der Waals surface area contributed by atoms with Gasteiger partial charge in [-0.3, -0.25) is 14.2 Å². The lowest BCUT2D eigenvalue weighted by atomic mass is 10.2. The smallest absolute Gasteiger partial charge is 0.339 e. The van der Waals surface area contributed by atoms with Gasteiger partial charge in [-0.05, 0) is 19.9 Å². The Bertz CT molecular complexity index is 686. The van der Waals surface area contributed by atoms with Crippen molar-refractivity contribution in [2.45, 2.75) is 20.4 Å². The van der Waals surface area contributed by atoms with Crippen molar-refractivity contribution in [1.82, 2.24) is 24.9 Å². The monoisotopic (exact) mass is 291 g/mol. The highest BCUT2D eigenvalue weighted by atomic mass is 16.4. The van der Waals surface area contributed by atoms with Crippen molar-refractivity contribution in [3.8, 4) is 0 Å². The molecule has 0 aliphatic heterocycles. The average Bonchev–Trinajstić information content (AvgIpc) is 2.93. The van der Waals surface area contributed by atoms with Crippen molar-refractivity contribution in [3.63, 3.8) is 0 Å². The first-order valence-electron chi connectivity index (χ1n) is 6.44. The quantitative estimate of drug-likeness (QED) is 0.828. The Hall–Kier alpha value is -2.64. The summed E-state index contributed by atoms with van der Waals surface area (Å²) in [7, 11) is 1.57. The summed E-state index contributed by atoms with van der Waals surface area (Å²) in [6, 6.07) is 1.95. The van der Waals surface area contributed by atoms with Gasteiger partial charge in [0, 0.05) is 25.5 Å². The summed E-state index contributed by atoms with van der Waals surface area (Å²) in [4.78, 5) is 23.0. The van der Waals surface area contributed by atoms with E-state index in [-0.39, 0.29) is 11.3 Å². The van der Waals surface area contributed by atoms with Crippen molar-refractivity contribution in [2.24, 2.45) is 7.05 Å². The molecule has 0 aliphatic rings. The molecule has 2 aromatic rings. The van der Waals surface area contributed by atoms with Gasteiger partial charge in [0.05, 0.1) is 12.2 Å². The Morgan fingerprint density at radius 1 is 1.33 bits per heavy atom. The molecule has 112 valence electrons. The van der Waals surface area contributed by atoms with Gasteiger partial charge in [0.2, 0.25) is 0 Å². The molecule has 0 aliphatic carbocycles. The SMILES string of the molecule is Cc1cc(C)n(CCNC(=O)c2nn(C)cc2C(=O)O)n1. The molecule has 8 heteroatoms. The zero-order valence-electron chi connectivity index (χ0n) is 12.1. The number of carboxylic acids is 1. The number of rotatable bonds is 5. The van der Waals surface area contributed by atoms with Gasteiger partial charge < -0.3 is 10.4 Å². The lowest BCUT2D eigenvalue weighted by molar-refractivity contribution is 0.0691. The summed E-state index contributed by atoms with van der Waals surface area (Å²) >= 11 is 0. The van der Waals surface area contributed by atoms with Crippen molar-refractivity contribution in [1.29, 1.82) is 0 Å². The lowest BCUT2D eigenvalue weighted by Crippen LogP contribution is -2.29. The molecule has 2 heterocycles. The van der Waals surface area contributed by atoms with Gasteiger partial charge in [-0.15, -0.1) is 0 Å². The van der Waals surface area contributed by atoms with Gasteiger partial charge >= 0.3 is 5.97 Å². The Labute approximate surface area is 121 Å². The van der Waals surface area contributed by atoms with Gasteiger partial charge in [0.25, 0.3) is 5.91 Å². The molecule has 2 N–H and O–H groups in total. The highest BCUT2D eigenvalue weighted by Gasteiger charge is 2.20. The lowest BCUT2D eigenvalue weighted by Gasteiger charge is -2.06. The van der Waals surface area contributed by atoms with Crippen LogP contribution in [0.25, 0.3) is 0 Å². The van der Waals surface area contributed by atoms with Crippen molar-refractivity contribution in [3.05, 3.63) is 34.9 Å². The van der Waals surface area contributed by atoms with Crippen molar-refractivity contribution < 1.29 is 14.7 Å². The first-order valence-corrected chi connectivity index (χ1v) is 6.44. The van der Waals surface area contributed by atoms with Crippen LogP contribution in [0.15, 0.2) is 12.3 Å². The van der Waals surface area contributed by atoms with Crippen LogP contribution in [0.1, 0.15) is 32.2 Å². The predicted octanol–water partition coefficient (Wildman–Crippen LogP) is 0.362. The number of hydrogen-bond acceptors (Lipinski definition) is 4.